The SMILES string of the molecule is O=C(CCc1cnccn1)N1CCN2CCC1C2. The maximum absolute atomic E-state index is 12.2. The average Bonchev–Trinajstić information content (AvgIpc) is 2.79. The van der Waals surface area contributed by atoms with Crippen LogP contribution in [0.2, 0.25) is 0 Å². The summed E-state index contributed by atoms with van der Waals surface area (Å²) in [5.74, 6) is 0.271. The van der Waals surface area contributed by atoms with Crippen LogP contribution in [0.1, 0.15) is 18.5 Å². The van der Waals surface area contributed by atoms with Crippen molar-refractivity contribution in [1.29, 1.82) is 0 Å². The number of hydrogen-bond acceptors (Lipinski definition) is 4. The van der Waals surface area contributed by atoms with Gasteiger partial charge in [-0.3, -0.25) is 19.7 Å². The first-order valence-corrected chi connectivity index (χ1v) is 6.59. The minimum atomic E-state index is 0.271. The lowest BCUT2D eigenvalue weighted by molar-refractivity contribution is -0.134. The van der Waals surface area contributed by atoms with Gasteiger partial charge in [0.25, 0.3) is 0 Å². The molecule has 2 bridgehead atoms. The maximum atomic E-state index is 12.2. The molecule has 96 valence electrons. The molecular weight excluding hydrogens is 228 g/mol. The van der Waals surface area contributed by atoms with Crippen LogP contribution in [-0.2, 0) is 11.2 Å². The number of aryl methyl sites for hydroxylation is 1. The fraction of sp³-hybridized carbons (Fsp3) is 0.615. The van der Waals surface area contributed by atoms with Crippen LogP contribution in [0.15, 0.2) is 18.6 Å². The predicted molar refractivity (Wildman–Crippen MR) is 66.9 cm³/mol. The molecular formula is C13H18N4O. The van der Waals surface area contributed by atoms with Crippen molar-refractivity contribution in [2.24, 2.45) is 0 Å². The van der Waals surface area contributed by atoms with Gasteiger partial charge >= 0.3 is 0 Å². The van der Waals surface area contributed by atoms with E-state index in [1.165, 1.54) is 0 Å². The number of rotatable bonds is 3. The normalized spacial score (nSPS) is 26.3. The van der Waals surface area contributed by atoms with E-state index in [9.17, 15) is 4.79 Å². The molecule has 2 unspecified atom stereocenters. The van der Waals surface area contributed by atoms with Gasteiger partial charge in [-0.1, -0.05) is 0 Å². The zero-order chi connectivity index (χ0) is 12.4. The second-order valence-electron chi connectivity index (χ2n) is 5.03. The van der Waals surface area contributed by atoms with Crippen molar-refractivity contribution in [3.63, 3.8) is 0 Å². The molecule has 0 aliphatic carbocycles. The predicted octanol–water partition coefficient (Wildman–Crippen LogP) is 0.326. The fourth-order valence-electron chi connectivity index (χ4n) is 2.87. The molecule has 2 aliphatic heterocycles. The lowest BCUT2D eigenvalue weighted by atomic mass is 10.1. The first kappa shape index (κ1) is 11.6. The lowest BCUT2D eigenvalue weighted by Crippen LogP contribution is -2.49. The third-order valence-corrected chi connectivity index (χ3v) is 3.88. The van der Waals surface area contributed by atoms with Crippen molar-refractivity contribution in [3.8, 4) is 0 Å². The van der Waals surface area contributed by atoms with Crippen LogP contribution in [-0.4, -0.2) is 57.9 Å². The molecule has 0 saturated carbocycles. The van der Waals surface area contributed by atoms with Gasteiger partial charge in [0.05, 0.1) is 5.69 Å². The van der Waals surface area contributed by atoms with E-state index < -0.39 is 0 Å². The van der Waals surface area contributed by atoms with Gasteiger partial charge in [0, 0.05) is 57.2 Å². The number of amides is 1. The quantitative estimate of drug-likeness (QED) is 0.771. The summed E-state index contributed by atoms with van der Waals surface area (Å²) in [6.45, 7) is 4.15. The number of nitrogens with zero attached hydrogens (tertiary/aromatic N) is 4. The first-order valence-electron chi connectivity index (χ1n) is 6.59. The highest BCUT2D eigenvalue weighted by atomic mass is 16.2. The highest BCUT2D eigenvalue weighted by Gasteiger charge is 2.34. The van der Waals surface area contributed by atoms with Crippen molar-refractivity contribution in [3.05, 3.63) is 24.3 Å². The molecule has 2 fully saturated rings. The molecule has 2 saturated heterocycles. The highest BCUT2D eigenvalue weighted by Crippen LogP contribution is 2.21. The molecule has 5 nitrogen and oxygen atoms in total. The Bertz CT molecular complexity index is 422. The first-order chi connectivity index (χ1) is 8.83. The van der Waals surface area contributed by atoms with Gasteiger partial charge in [0.15, 0.2) is 0 Å². The van der Waals surface area contributed by atoms with Gasteiger partial charge < -0.3 is 4.90 Å². The molecule has 0 aromatic carbocycles. The molecule has 18 heavy (non-hydrogen) atoms. The molecule has 1 aromatic rings. The summed E-state index contributed by atoms with van der Waals surface area (Å²) in [4.78, 5) is 24.9. The molecule has 1 aromatic heterocycles. The second kappa shape index (κ2) is 5.02. The average molecular weight is 246 g/mol. The summed E-state index contributed by atoms with van der Waals surface area (Å²) < 4.78 is 0. The van der Waals surface area contributed by atoms with Gasteiger partial charge in [-0.25, -0.2) is 0 Å². The number of fused-ring (bicyclic) bond motifs is 2. The molecule has 5 heteroatoms. The minimum Gasteiger partial charge on any atom is -0.337 e. The standard InChI is InChI=1S/C13H18N4O/c18-13(2-1-11-9-14-4-5-15-11)17-8-7-16-6-3-12(17)10-16/h4-5,9,12H,1-3,6-8,10H2. The van der Waals surface area contributed by atoms with Crippen LogP contribution in [0.4, 0.5) is 0 Å². The van der Waals surface area contributed by atoms with Gasteiger partial charge in [-0.15, -0.1) is 0 Å². The topological polar surface area (TPSA) is 49.3 Å². The van der Waals surface area contributed by atoms with Crippen molar-refractivity contribution in [1.82, 2.24) is 19.8 Å². The van der Waals surface area contributed by atoms with E-state index in [0.29, 0.717) is 18.9 Å². The molecule has 0 radical (unpaired) electrons. The van der Waals surface area contributed by atoms with Gasteiger partial charge in [0.1, 0.15) is 0 Å². The molecule has 3 heterocycles. The number of carbonyl (C=O) groups excluding carboxylic acids is 1. The van der Waals surface area contributed by atoms with Crippen molar-refractivity contribution >= 4 is 5.91 Å². The van der Waals surface area contributed by atoms with Crippen LogP contribution < -0.4 is 0 Å². The minimum absolute atomic E-state index is 0.271. The summed E-state index contributed by atoms with van der Waals surface area (Å²) in [5, 5.41) is 0. The van der Waals surface area contributed by atoms with Gasteiger partial charge in [-0.05, 0) is 12.8 Å². The monoisotopic (exact) mass is 246 g/mol. The summed E-state index contributed by atoms with van der Waals surface area (Å²) in [6, 6.07) is 0.452. The lowest BCUT2D eigenvalue weighted by Gasteiger charge is -2.34. The summed E-state index contributed by atoms with van der Waals surface area (Å²) in [6.07, 6.45) is 7.45. The molecule has 2 atom stereocenters. The Morgan fingerprint density at radius 2 is 2.28 bits per heavy atom. The van der Waals surface area contributed by atoms with Crippen LogP contribution in [0.5, 0.6) is 0 Å². The van der Waals surface area contributed by atoms with Crippen molar-refractivity contribution in [2.45, 2.75) is 25.3 Å². The molecule has 0 spiro atoms. The van der Waals surface area contributed by atoms with E-state index in [-0.39, 0.29) is 5.91 Å². The Labute approximate surface area is 107 Å². The third-order valence-electron chi connectivity index (χ3n) is 3.88. The number of carbonyl (C=O) groups is 1. The summed E-state index contributed by atoms with van der Waals surface area (Å²) in [7, 11) is 0. The van der Waals surface area contributed by atoms with Crippen LogP contribution >= 0.6 is 0 Å². The Balaban J connectivity index is 1.55. The second-order valence-corrected chi connectivity index (χ2v) is 5.03. The number of piperazine rings is 1. The van der Waals surface area contributed by atoms with Crippen molar-refractivity contribution < 1.29 is 4.79 Å². The van der Waals surface area contributed by atoms with E-state index in [2.05, 4.69) is 19.8 Å². The summed E-state index contributed by atoms with van der Waals surface area (Å²) >= 11 is 0. The van der Waals surface area contributed by atoms with Gasteiger partial charge in [0.2, 0.25) is 5.91 Å². The van der Waals surface area contributed by atoms with Crippen LogP contribution in [0.25, 0.3) is 0 Å². The largest absolute Gasteiger partial charge is 0.337 e. The van der Waals surface area contributed by atoms with E-state index in [1.54, 1.807) is 18.6 Å². The van der Waals surface area contributed by atoms with Crippen LogP contribution in [0, 0.1) is 0 Å². The van der Waals surface area contributed by atoms with E-state index in [4.69, 9.17) is 0 Å². The number of hydrogen-bond donors (Lipinski definition) is 0. The smallest absolute Gasteiger partial charge is 0.223 e. The molecule has 1 amide bonds. The van der Waals surface area contributed by atoms with Crippen LogP contribution in [0.3, 0.4) is 0 Å². The zero-order valence-corrected chi connectivity index (χ0v) is 10.5. The molecule has 0 N–H and O–H groups in total. The molecule has 3 rings (SSSR count). The van der Waals surface area contributed by atoms with Crippen molar-refractivity contribution in [2.75, 3.05) is 26.2 Å². The van der Waals surface area contributed by atoms with E-state index >= 15 is 0 Å². The highest BCUT2D eigenvalue weighted by molar-refractivity contribution is 5.77. The Morgan fingerprint density at radius 3 is 3.11 bits per heavy atom. The van der Waals surface area contributed by atoms with E-state index in [0.717, 1.165) is 38.3 Å². The molecule has 2 aliphatic rings. The van der Waals surface area contributed by atoms with E-state index in [1.807, 2.05) is 0 Å². The Kier molecular flexibility index (Phi) is 3.23. The maximum Gasteiger partial charge on any atom is 0.223 e. The fourth-order valence-corrected chi connectivity index (χ4v) is 2.87. The van der Waals surface area contributed by atoms with Gasteiger partial charge in [-0.2, -0.15) is 0 Å². The number of aromatic nitrogens is 2. The summed E-state index contributed by atoms with van der Waals surface area (Å²) in [5.41, 5.74) is 0.899. The Morgan fingerprint density at radius 1 is 1.33 bits per heavy atom. The zero-order valence-electron chi connectivity index (χ0n) is 10.5. The Hall–Kier alpha value is -1.49. The third kappa shape index (κ3) is 2.36.